The lowest BCUT2D eigenvalue weighted by Gasteiger charge is -2.05. The molecule has 0 fully saturated rings. The Morgan fingerprint density at radius 2 is 1.81 bits per heavy atom. The number of fused-ring (bicyclic) bond motifs is 1. The number of hydrogen-bond acceptors (Lipinski definition) is 5. The molecule has 0 atom stereocenters. The van der Waals surface area contributed by atoms with Crippen molar-refractivity contribution in [1.82, 2.24) is 5.43 Å². The van der Waals surface area contributed by atoms with Crippen molar-refractivity contribution in [3.05, 3.63) is 85.5 Å². The number of nitrogens with zero attached hydrogens (tertiary/aromatic N) is 1. The van der Waals surface area contributed by atoms with Gasteiger partial charge in [-0.25, -0.2) is 5.43 Å². The van der Waals surface area contributed by atoms with Crippen LogP contribution < -0.4 is 10.7 Å². The zero-order valence-electron chi connectivity index (χ0n) is 15.5. The highest BCUT2D eigenvalue weighted by atomic mass is 79.9. The number of nitrogens with one attached hydrogen (secondary N) is 2. The van der Waals surface area contributed by atoms with E-state index in [1.807, 2.05) is 0 Å². The van der Waals surface area contributed by atoms with Crippen molar-refractivity contribution in [2.45, 2.75) is 0 Å². The van der Waals surface area contributed by atoms with E-state index in [-0.39, 0.29) is 5.91 Å². The topological polar surface area (TPSA) is 83.7 Å². The van der Waals surface area contributed by atoms with Gasteiger partial charge in [-0.1, -0.05) is 29.3 Å². The van der Waals surface area contributed by atoms with Gasteiger partial charge in [-0.05, 0) is 64.5 Å². The number of rotatable bonds is 5. The van der Waals surface area contributed by atoms with E-state index in [2.05, 4.69) is 31.8 Å². The normalized spacial score (nSPS) is 11.2. The van der Waals surface area contributed by atoms with Crippen LogP contribution in [0.25, 0.3) is 10.1 Å². The van der Waals surface area contributed by atoms with Crippen molar-refractivity contribution < 1.29 is 14.0 Å². The Hall–Kier alpha value is -2.65. The fourth-order valence-electron chi connectivity index (χ4n) is 2.69. The first-order valence-corrected chi connectivity index (χ1v) is 11.1. The highest BCUT2D eigenvalue weighted by Crippen LogP contribution is 2.37. The molecule has 2 aromatic carbocycles. The predicted octanol–water partition coefficient (Wildman–Crippen LogP) is 6.58. The third-order valence-electron chi connectivity index (χ3n) is 4.15. The molecular formula is C21H12BrCl2N3O3S. The first kappa shape index (κ1) is 21.6. The number of anilines is 1. The smallest absolute Gasteiger partial charge is 0.271 e. The van der Waals surface area contributed by atoms with E-state index in [1.165, 1.54) is 17.6 Å². The molecule has 0 aliphatic rings. The van der Waals surface area contributed by atoms with Gasteiger partial charge >= 0.3 is 0 Å². The molecule has 156 valence electrons. The van der Waals surface area contributed by atoms with E-state index < -0.39 is 5.91 Å². The monoisotopic (exact) mass is 535 g/mol. The lowest BCUT2D eigenvalue weighted by atomic mass is 10.2. The number of hydrogen-bond donors (Lipinski definition) is 2. The Morgan fingerprint density at radius 1 is 1.03 bits per heavy atom. The number of carbonyl (C=O) groups excluding carboxylic acids is 2. The Morgan fingerprint density at radius 3 is 2.52 bits per heavy atom. The largest absolute Gasteiger partial charge is 0.448 e. The van der Waals surface area contributed by atoms with Crippen molar-refractivity contribution in [1.29, 1.82) is 0 Å². The van der Waals surface area contributed by atoms with E-state index in [0.29, 0.717) is 36.6 Å². The molecule has 4 aromatic rings. The Bertz CT molecular complexity index is 1320. The number of hydrazone groups is 1. The molecule has 0 aliphatic carbocycles. The molecule has 0 saturated carbocycles. The third-order valence-corrected chi connectivity index (χ3v) is 6.47. The summed E-state index contributed by atoms with van der Waals surface area (Å²) in [5, 5.41) is 8.36. The summed E-state index contributed by atoms with van der Waals surface area (Å²) in [6, 6.07) is 15.1. The fraction of sp³-hybridized carbons (Fsp3) is 0. The average molecular weight is 537 g/mol. The quantitative estimate of drug-likeness (QED) is 0.223. The molecular weight excluding hydrogens is 525 g/mol. The summed E-state index contributed by atoms with van der Waals surface area (Å²) in [7, 11) is 0. The third kappa shape index (κ3) is 4.99. The molecule has 0 spiro atoms. The van der Waals surface area contributed by atoms with Crippen LogP contribution in [0.2, 0.25) is 10.0 Å². The van der Waals surface area contributed by atoms with Gasteiger partial charge in [0.25, 0.3) is 11.8 Å². The number of thiophene rings is 1. The second kappa shape index (κ2) is 9.23. The number of amides is 2. The second-order valence-electron chi connectivity index (χ2n) is 6.26. The standard InChI is InChI=1S/C21H12BrCl2N3O3S/c22-17-8-6-14(30-17)10-25-27-20(28)11-1-4-13(5-2-11)26-21(29)19-18(24)15-7-3-12(23)9-16(15)31-19/h1-10H,(H,26,29)(H,27,28)/b25-10-. The van der Waals surface area contributed by atoms with Crippen LogP contribution in [-0.4, -0.2) is 18.0 Å². The van der Waals surface area contributed by atoms with Gasteiger partial charge in [-0.3, -0.25) is 9.59 Å². The highest BCUT2D eigenvalue weighted by Gasteiger charge is 2.17. The summed E-state index contributed by atoms with van der Waals surface area (Å²) < 4.78 is 6.65. The van der Waals surface area contributed by atoms with Crippen LogP contribution in [0, 0.1) is 0 Å². The van der Waals surface area contributed by atoms with Crippen molar-refractivity contribution in [3.63, 3.8) is 0 Å². The average Bonchev–Trinajstić information content (AvgIpc) is 3.31. The van der Waals surface area contributed by atoms with Gasteiger partial charge in [0.05, 0.1) is 11.2 Å². The van der Waals surface area contributed by atoms with E-state index in [9.17, 15) is 9.59 Å². The highest BCUT2D eigenvalue weighted by molar-refractivity contribution is 9.10. The summed E-state index contributed by atoms with van der Waals surface area (Å²) in [6.45, 7) is 0. The molecule has 2 amide bonds. The SMILES string of the molecule is O=C(N/N=C\c1ccc(Br)o1)c1ccc(NC(=O)c2sc3cc(Cl)ccc3c2Cl)cc1. The first-order valence-electron chi connectivity index (χ1n) is 8.78. The molecule has 2 N–H and O–H groups in total. The molecule has 31 heavy (non-hydrogen) atoms. The van der Waals surface area contributed by atoms with Gasteiger partial charge < -0.3 is 9.73 Å². The van der Waals surface area contributed by atoms with Gasteiger partial charge in [-0.15, -0.1) is 11.3 Å². The van der Waals surface area contributed by atoms with Crippen LogP contribution in [0.15, 0.2) is 68.8 Å². The maximum Gasteiger partial charge on any atom is 0.271 e. The Labute approximate surface area is 199 Å². The maximum atomic E-state index is 12.7. The summed E-state index contributed by atoms with van der Waals surface area (Å²) in [6.07, 6.45) is 1.39. The van der Waals surface area contributed by atoms with Gasteiger partial charge in [0.2, 0.25) is 0 Å². The van der Waals surface area contributed by atoms with Crippen LogP contribution in [0.1, 0.15) is 25.8 Å². The van der Waals surface area contributed by atoms with Crippen LogP contribution >= 0.6 is 50.5 Å². The molecule has 0 bridgehead atoms. The maximum absolute atomic E-state index is 12.7. The number of furan rings is 1. The van der Waals surface area contributed by atoms with Crippen molar-refractivity contribution in [2.24, 2.45) is 5.10 Å². The van der Waals surface area contributed by atoms with E-state index in [1.54, 1.807) is 54.6 Å². The number of benzene rings is 2. The van der Waals surface area contributed by atoms with Crippen molar-refractivity contribution >= 4 is 84.3 Å². The summed E-state index contributed by atoms with van der Waals surface area (Å²) in [5.41, 5.74) is 3.32. The molecule has 0 saturated heterocycles. The predicted molar refractivity (Wildman–Crippen MR) is 128 cm³/mol. The summed E-state index contributed by atoms with van der Waals surface area (Å²) in [5.74, 6) is -0.245. The van der Waals surface area contributed by atoms with Gasteiger partial charge in [0, 0.05) is 26.4 Å². The van der Waals surface area contributed by atoms with Crippen molar-refractivity contribution in [3.8, 4) is 0 Å². The lowest BCUT2D eigenvalue weighted by molar-refractivity contribution is 0.0954. The molecule has 4 rings (SSSR count). The van der Waals surface area contributed by atoms with Gasteiger partial charge in [-0.2, -0.15) is 5.10 Å². The molecule has 2 heterocycles. The second-order valence-corrected chi connectivity index (χ2v) is 8.91. The fourth-order valence-corrected chi connectivity index (χ4v) is 4.70. The molecule has 0 radical (unpaired) electrons. The first-order chi connectivity index (χ1) is 14.9. The van der Waals surface area contributed by atoms with E-state index in [4.69, 9.17) is 27.6 Å². The molecule has 0 unspecified atom stereocenters. The van der Waals surface area contributed by atoms with Crippen LogP contribution in [0.3, 0.4) is 0 Å². The Balaban J connectivity index is 1.41. The Kier molecular flexibility index (Phi) is 6.43. The minimum absolute atomic E-state index is 0.339. The minimum Gasteiger partial charge on any atom is -0.448 e. The zero-order valence-corrected chi connectivity index (χ0v) is 19.4. The van der Waals surface area contributed by atoms with Crippen molar-refractivity contribution in [2.75, 3.05) is 5.32 Å². The minimum atomic E-state index is -0.399. The summed E-state index contributed by atoms with van der Waals surface area (Å²) >= 11 is 16.8. The summed E-state index contributed by atoms with van der Waals surface area (Å²) in [4.78, 5) is 25.2. The van der Waals surface area contributed by atoms with Gasteiger partial charge in [0.1, 0.15) is 10.6 Å². The van der Waals surface area contributed by atoms with Gasteiger partial charge in [0.15, 0.2) is 4.67 Å². The zero-order chi connectivity index (χ0) is 22.0. The van der Waals surface area contributed by atoms with E-state index >= 15 is 0 Å². The lowest BCUT2D eigenvalue weighted by Crippen LogP contribution is -2.17. The van der Waals surface area contributed by atoms with Crippen LogP contribution in [0.4, 0.5) is 5.69 Å². The van der Waals surface area contributed by atoms with E-state index in [0.717, 1.165) is 10.1 Å². The number of halogens is 3. The molecule has 10 heteroatoms. The molecule has 6 nitrogen and oxygen atoms in total. The van der Waals surface area contributed by atoms with Crippen LogP contribution in [-0.2, 0) is 0 Å². The molecule has 2 aromatic heterocycles. The van der Waals surface area contributed by atoms with Crippen LogP contribution in [0.5, 0.6) is 0 Å². The number of carbonyl (C=O) groups is 2. The molecule has 0 aliphatic heterocycles.